The van der Waals surface area contributed by atoms with E-state index in [1.807, 2.05) is 24.3 Å². The van der Waals surface area contributed by atoms with Crippen LogP contribution in [0.4, 0.5) is 0 Å². The highest BCUT2D eigenvalue weighted by Gasteiger charge is 2.41. The van der Waals surface area contributed by atoms with Crippen LogP contribution in [-0.2, 0) is 11.3 Å². The molecule has 1 amide bonds. The van der Waals surface area contributed by atoms with Gasteiger partial charge in [0.1, 0.15) is 0 Å². The van der Waals surface area contributed by atoms with Crippen molar-refractivity contribution in [2.75, 3.05) is 6.61 Å². The van der Waals surface area contributed by atoms with E-state index in [0.717, 1.165) is 18.6 Å². The summed E-state index contributed by atoms with van der Waals surface area (Å²) in [5.74, 6) is 0.639. The molecule has 0 aromatic heterocycles. The molecule has 3 rings (SSSR count). The zero-order valence-electron chi connectivity index (χ0n) is 11.0. The van der Waals surface area contributed by atoms with Crippen LogP contribution < -0.4 is 11.1 Å². The summed E-state index contributed by atoms with van der Waals surface area (Å²) in [5.41, 5.74) is 7.27. The quantitative estimate of drug-likeness (QED) is 0.861. The maximum Gasteiger partial charge on any atom is 0.251 e. The molecule has 1 heterocycles. The molecular weight excluding hydrogens is 240 g/mol. The Morgan fingerprint density at radius 1 is 1.37 bits per heavy atom. The fourth-order valence-electron chi connectivity index (χ4n) is 2.75. The number of hydrogen-bond donors (Lipinski definition) is 2. The largest absolute Gasteiger partial charge is 0.376 e. The zero-order valence-corrected chi connectivity index (χ0v) is 11.0. The molecule has 19 heavy (non-hydrogen) atoms. The van der Waals surface area contributed by atoms with E-state index in [2.05, 4.69) is 5.32 Å². The fraction of sp³-hybridized carbons (Fsp3) is 0.533. The number of nitrogens with two attached hydrogens (primary N) is 1. The van der Waals surface area contributed by atoms with E-state index in [1.54, 1.807) is 0 Å². The summed E-state index contributed by atoms with van der Waals surface area (Å²) in [7, 11) is 0. The van der Waals surface area contributed by atoms with Crippen LogP contribution in [0.5, 0.6) is 0 Å². The van der Waals surface area contributed by atoms with Crippen molar-refractivity contribution in [1.82, 2.24) is 5.32 Å². The first kappa shape index (κ1) is 12.6. The van der Waals surface area contributed by atoms with Crippen LogP contribution >= 0.6 is 0 Å². The molecule has 0 spiro atoms. The lowest BCUT2D eigenvalue weighted by Gasteiger charge is -2.19. The van der Waals surface area contributed by atoms with E-state index in [0.29, 0.717) is 18.0 Å². The molecule has 3 N–H and O–H groups in total. The van der Waals surface area contributed by atoms with Gasteiger partial charge >= 0.3 is 0 Å². The number of hydrogen-bond acceptors (Lipinski definition) is 3. The molecular formula is C15H20N2O2. The maximum absolute atomic E-state index is 12.2. The van der Waals surface area contributed by atoms with Crippen molar-refractivity contribution in [2.45, 2.75) is 38.0 Å². The van der Waals surface area contributed by atoms with E-state index in [-0.39, 0.29) is 18.1 Å². The molecule has 4 heteroatoms. The molecule has 0 bridgehead atoms. The Balaban J connectivity index is 1.66. The van der Waals surface area contributed by atoms with Crippen LogP contribution in [0.1, 0.15) is 35.2 Å². The molecule has 2 fully saturated rings. The van der Waals surface area contributed by atoms with Gasteiger partial charge in [-0.1, -0.05) is 12.1 Å². The highest BCUT2D eigenvalue weighted by atomic mass is 16.5. The second-order valence-corrected chi connectivity index (χ2v) is 5.45. The van der Waals surface area contributed by atoms with E-state index in [4.69, 9.17) is 10.5 Å². The highest BCUT2D eigenvalue weighted by Crippen LogP contribution is 2.38. The lowest BCUT2D eigenvalue weighted by molar-refractivity contribution is 0.0729. The van der Waals surface area contributed by atoms with Crippen molar-refractivity contribution in [1.29, 1.82) is 0 Å². The maximum atomic E-state index is 12.2. The number of amides is 1. The van der Waals surface area contributed by atoms with Crippen molar-refractivity contribution in [2.24, 2.45) is 11.7 Å². The number of rotatable bonds is 4. The zero-order chi connectivity index (χ0) is 13.2. The van der Waals surface area contributed by atoms with Gasteiger partial charge in [0, 0.05) is 18.7 Å². The molecule has 1 saturated heterocycles. The van der Waals surface area contributed by atoms with Gasteiger partial charge < -0.3 is 15.8 Å². The Morgan fingerprint density at radius 3 is 2.95 bits per heavy atom. The third-order valence-corrected chi connectivity index (χ3v) is 3.96. The summed E-state index contributed by atoms with van der Waals surface area (Å²) >= 11 is 0. The van der Waals surface area contributed by atoms with E-state index < -0.39 is 0 Å². The lowest BCUT2D eigenvalue weighted by Crippen LogP contribution is -2.41. The van der Waals surface area contributed by atoms with E-state index in [1.165, 1.54) is 12.8 Å². The summed E-state index contributed by atoms with van der Waals surface area (Å²) in [6.45, 7) is 1.22. The van der Waals surface area contributed by atoms with Crippen molar-refractivity contribution < 1.29 is 9.53 Å². The normalized spacial score (nSPS) is 26.4. The molecule has 2 atom stereocenters. The lowest BCUT2D eigenvalue weighted by atomic mass is 10.0. The molecule has 1 aromatic rings. The Kier molecular flexibility index (Phi) is 3.53. The van der Waals surface area contributed by atoms with Crippen LogP contribution in [0.3, 0.4) is 0 Å². The minimum atomic E-state index is -0.0172. The first-order valence-corrected chi connectivity index (χ1v) is 6.99. The van der Waals surface area contributed by atoms with Gasteiger partial charge in [0.05, 0.1) is 12.1 Å². The third-order valence-electron chi connectivity index (χ3n) is 3.96. The summed E-state index contributed by atoms with van der Waals surface area (Å²) in [5, 5.41) is 3.11. The molecule has 2 aliphatic rings. The molecule has 102 valence electrons. The molecule has 1 aliphatic carbocycles. The molecule has 1 aliphatic heterocycles. The van der Waals surface area contributed by atoms with Crippen molar-refractivity contribution in [3.63, 3.8) is 0 Å². The smallest absolute Gasteiger partial charge is 0.251 e. The predicted octanol–water partition coefficient (Wildman–Crippen LogP) is 1.44. The van der Waals surface area contributed by atoms with Crippen LogP contribution in [0.2, 0.25) is 0 Å². The van der Waals surface area contributed by atoms with Gasteiger partial charge in [0.25, 0.3) is 5.91 Å². The second kappa shape index (κ2) is 5.31. The summed E-state index contributed by atoms with van der Waals surface area (Å²) in [4.78, 5) is 12.2. The van der Waals surface area contributed by atoms with Gasteiger partial charge in [-0.2, -0.15) is 0 Å². The highest BCUT2D eigenvalue weighted by molar-refractivity contribution is 5.94. The third kappa shape index (κ3) is 2.80. The predicted molar refractivity (Wildman–Crippen MR) is 72.7 cm³/mol. The van der Waals surface area contributed by atoms with Crippen molar-refractivity contribution in [3.8, 4) is 0 Å². The van der Waals surface area contributed by atoms with Gasteiger partial charge in [-0.25, -0.2) is 0 Å². The minimum Gasteiger partial charge on any atom is -0.376 e. The molecule has 1 saturated carbocycles. The topological polar surface area (TPSA) is 64.4 Å². The number of carbonyl (C=O) groups is 1. The fourth-order valence-corrected chi connectivity index (χ4v) is 2.75. The van der Waals surface area contributed by atoms with Gasteiger partial charge in [-0.3, -0.25) is 4.79 Å². The molecule has 4 nitrogen and oxygen atoms in total. The Morgan fingerprint density at radius 2 is 2.21 bits per heavy atom. The van der Waals surface area contributed by atoms with E-state index >= 15 is 0 Å². The van der Waals surface area contributed by atoms with Gasteiger partial charge in [-0.05, 0) is 42.9 Å². The standard InChI is InChI=1S/C15H20N2O2/c16-9-10-2-1-3-12(8-10)15(18)17-13-6-7-19-14(13)11-4-5-11/h1-3,8,11,13-14H,4-7,9,16H2,(H,17,18). The Hall–Kier alpha value is -1.39. The Labute approximate surface area is 113 Å². The molecule has 0 radical (unpaired) electrons. The first-order chi connectivity index (χ1) is 9.28. The number of carbonyl (C=O) groups excluding carboxylic acids is 1. The van der Waals surface area contributed by atoms with Gasteiger partial charge in [0.2, 0.25) is 0 Å². The van der Waals surface area contributed by atoms with Crippen LogP contribution in [-0.4, -0.2) is 24.7 Å². The number of benzene rings is 1. The van der Waals surface area contributed by atoms with Crippen LogP contribution in [0.15, 0.2) is 24.3 Å². The summed E-state index contributed by atoms with van der Waals surface area (Å²) in [6, 6.07) is 7.66. The SMILES string of the molecule is NCc1cccc(C(=O)NC2CCOC2C2CC2)c1. The van der Waals surface area contributed by atoms with Gasteiger partial charge in [-0.15, -0.1) is 0 Å². The van der Waals surface area contributed by atoms with E-state index in [9.17, 15) is 4.79 Å². The minimum absolute atomic E-state index is 0.0172. The second-order valence-electron chi connectivity index (χ2n) is 5.45. The number of nitrogens with one attached hydrogen (secondary N) is 1. The average molecular weight is 260 g/mol. The summed E-state index contributed by atoms with van der Waals surface area (Å²) < 4.78 is 5.74. The first-order valence-electron chi connectivity index (χ1n) is 6.99. The van der Waals surface area contributed by atoms with Gasteiger partial charge in [0.15, 0.2) is 0 Å². The Bertz CT molecular complexity index is 471. The number of ether oxygens (including phenoxy) is 1. The molecule has 1 aromatic carbocycles. The monoisotopic (exact) mass is 260 g/mol. The van der Waals surface area contributed by atoms with Crippen molar-refractivity contribution >= 4 is 5.91 Å². The summed E-state index contributed by atoms with van der Waals surface area (Å²) in [6.07, 6.45) is 3.62. The van der Waals surface area contributed by atoms with Crippen molar-refractivity contribution in [3.05, 3.63) is 35.4 Å². The molecule has 2 unspecified atom stereocenters. The van der Waals surface area contributed by atoms with Crippen LogP contribution in [0.25, 0.3) is 0 Å². The average Bonchev–Trinajstić information content (AvgIpc) is 3.19. The van der Waals surface area contributed by atoms with Crippen LogP contribution in [0, 0.1) is 5.92 Å².